The maximum atomic E-state index is 14.2. The van der Waals surface area contributed by atoms with Crippen LogP contribution in [-0.4, -0.2) is 58.2 Å². The van der Waals surface area contributed by atoms with Crippen molar-refractivity contribution in [1.29, 1.82) is 0 Å². The van der Waals surface area contributed by atoms with Gasteiger partial charge in [0.2, 0.25) is 0 Å². The average molecular weight is 417 g/mol. The summed E-state index contributed by atoms with van der Waals surface area (Å²) in [6.45, 7) is 0. The number of hydrogen-bond donors (Lipinski definition) is 1. The molecule has 0 radical (unpaired) electrons. The lowest BCUT2D eigenvalue weighted by atomic mass is 10.1. The number of tetrazole rings is 1. The summed E-state index contributed by atoms with van der Waals surface area (Å²) in [4.78, 5) is 37.7. The smallest absolute Gasteiger partial charge is 0.377 e. The molecule has 1 heterocycles. The Labute approximate surface area is 168 Å². The van der Waals surface area contributed by atoms with Crippen LogP contribution < -0.4 is 20.1 Å². The molecule has 0 saturated carbocycles. The van der Waals surface area contributed by atoms with Crippen molar-refractivity contribution in [2.24, 2.45) is 0 Å². The predicted molar refractivity (Wildman–Crippen MR) is 101 cm³/mol. The SMILES string of the molecule is COc1cc(N(C)C(=O)n2nnn(-c3c(F)cccc3OC)c2=O)ccc1C(=O)O. The molecule has 0 atom stereocenters. The molecule has 156 valence electrons. The first kappa shape index (κ1) is 20.5. The zero-order valence-corrected chi connectivity index (χ0v) is 16.1. The third-order valence-corrected chi connectivity index (χ3v) is 4.23. The van der Waals surface area contributed by atoms with Crippen LogP contribution in [0.5, 0.6) is 11.5 Å². The van der Waals surface area contributed by atoms with E-state index in [9.17, 15) is 18.8 Å². The van der Waals surface area contributed by atoms with Gasteiger partial charge in [-0.3, -0.25) is 4.90 Å². The number of anilines is 1. The summed E-state index contributed by atoms with van der Waals surface area (Å²) in [5.74, 6) is -1.95. The average Bonchev–Trinajstić information content (AvgIpc) is 3.12. The number of halogens is 1. The van der Waals surface area contributed by atoms with E-state index >= 15 is 0 Å². The number of carboxylic acids is 1. The molecule has 30 heavy (non-hydrogen) atoms. The lowest BCUT2D eigenvalue weighted by Crippen LogP contribution is -2.39. The Morgan fingerprint density at radius 3 is 2.43 bits per heavy atom. The predicted octanol–water partition coefficient (Wildman–Crippen LogP) is 1.39. The number of aromatic nitrogens is 4. The molecule has 1 aromatic heterocycles. The summed E-state index contributed by atoms with van der Waals surface area (Å²) < 4.78 is 25.4. The van der Waals surface area contributed by atoms with E-state index in [4.69, 9.17) is 14.6 Å². The maximum absolute atomic E-state index is 14.2. The number of aromatic carboxylic acids is 1. The standard InChI is InChI=1S/C18H16FN5O6/c1-22(10-7-8-11(16(25)26)14(9-10)30-3)17(27)24-18(28)23(20-21-24)15-12(19)5-4-6-13(15)29-2/h4-9H,1-3H3,(H,25,26). The molecule has 0 spiro atoms. The highest BCUT2D eigenvalue weighted by atomic mass is 19.1. The summed E-state index contributed by atoms with van der Waals surface area (Å²) in [7, 11) is 3.92. The van der Waals surface area contributed by atoms with Gasteiger partial charge in [0, 0.05) is 18.8 Å². The van der Waals surface area contributed by atoms with E-state index in [0.717, 1.165) is 11.0 Å². The number of benzene rings is 2. The molecule has 1 N–H and O–H groups in total. The van der Waals surface area contributed by atoms with E-state index in [2.05, 4.69) is 10.4 Å². The minimum absolute atomic E-state index is 0.0201. The molecule has 0 aliphatic rings. The lowest BCUT2D eigenvalue weighted by molar-refractivity contribution is 0.0693. The van der Waals surface area contributed by atoms with Gasteiger partial charge in [0.05, 0.1) is 14.2 Å². The zero-order chi connectivity index (χ0) is 22.0. The van der Waals surface area contributed by atoms with Crippen molar-refractivity contribution in [2.45, 2.75) is 0 Å². The van der Waals surface area contributed by atoms with Gasteiger partial charge in [-0.25, -0.2) is 18.8 Å². The number of rotatable bonds is 5. The van der Waals surface area contributed by atoms with Crippen LogP contribution in [0.15, 0.2) is 41.2 Å². The number of carbonyl (C=O) groups is 2. The second-order valence-electron chi connectivity index (χ2n) is 5.91. The van der Waals surface area contributed by atoms with Crippen molar-refractivity contribution in [3.05, 3.63) is 58.3 Å². The molecule has 0 aliphatic carbocycles. The van der Waals surface area contributed by atoms with Gasteiger partial charge in [-0.2, -0.15) is 4.68 Å². The molecule has 0 aliphatic heterocycles. The van der Waals surface area contributed by atoms with Gasteiger partial charge in [0.15, 0.2) is 5.82 Å². The Morgan fingerprint density at radius 1 is 1.10 bits per heavy atom. The van der Waals surface area contributed by atoms with E-state index in [1.807, 2.05) is 0 Å². The molecule has 0 fully saturated rings. The second kappa shape index (κ2) is 8.03. The van der Waals surface area contributed by atoms with Crippen LogP contribution in [-0.2, 0) is 0 Å². The van der Waals surface area contributed by atoms with Gasteiger partial charge in [-0.05, 0) is 34.7 Å². The molecule has 0 bridgehead atoms. The fourth-order valence-electron chi connectivity index (χ4n) is 2.69. The highest BCUT2D eigenvalue weighted by Gasteiger charge is 2.24. The summed E-state index contributed by atoms with van der Waals surface area (Å²) in [6, 6.07) is 6.94. The van der Waals surface area contributed by atoms with Gasteiger partial charge in [-0.1, -0.05) is 6.07 Å². The highest BCUT2D eigenvalue weighted by Crippen LogP contribution is 2.26. The van der Waals surface area contributed by atoms with Gasteiger partial charge < -0.3 is 14.6 Å². The van der Waals surface area contributed by atoms with Crippen molar-refractivity contribution in [2.75, 3.05) is 26.2 Å². The number of ether oxygens (including phenoxy) is 2. The van der Waals surface area contributed by atoms with E-state index in [1.165, 1.54) is 51.6 Å². The minimum atomic E-state index is -1.20. The molecule has 0 saturated heterocycles. The molecule has 3 rings (SSSR count). The number of nitrogens with zero attached hydrogens (tertiary/aromatic N) is 5. The zero-order valence-electron chi connectivity index (χ0n) is 16.1. The van der Waals surface area contributed by atoms with Crippen LogP contribution in [0.3, 0.4) is 0 Å². The fourth-order valence-corrected chi connectivity index (χ4v) is 2.69. The molecule has 12 heteroatoms. The molecule has 3 aromatic rings. The van der Waals surface area contributed by atoms with Crippen LogP contribution in [0.2, 0.25) is 0 Å². The van der Waals surface area contributed by atoms with Crippen LogP contribution in [0, 0.1) is 5.82 Å². The van der Waals surface area contributed by atoms with Crippen molar-refractivity contribution in [3.8, 4) is 17.2 Å². The topological polar surface area (TPSA) is 129 Å². The van der Waals surface area contributed by atoms with E-state index < -0.39 is 23.5 Å². The Hall–Kier alpha value is -4.22. The Bertz CT molecular complexity index is 1190. The molecular weight excluding hydrogens is 401 g/mol. The van der Waals surface area contributed by atoms with E-state index in [-0.39, 0.29) is 28.4 Å². The number of carbonyl (C=O) groups excluding carboxylic acids is 1. The monoisotopic (exact) mass is 417 g/mol. The lowest BCUT2D eigenvalue weighted by Gasteiger charge is -2.17. The van der Waals surface area contributed by atoms with Crippen LogP contribution in [0.25, 0.3) is 5.69 Å². The molecule has 1 amide bonds. The number of hydrogen-bond acceptors (Lipinski definition) is 7. The third kappa shape index (κ3) is 3.45. The van der Waals surface area contributed by atoms with Gasteiger partial charge >= 0.3 is 17.7 Å². The first-order chi connectivity index (χ1) is 14.3. The Balaban J connectivity index is 2.00. The maximum Gasteiger partial charge on any atom is 0.377 e. The first-order valence-corrected chi connectivity index (χ1v) is 8.37. The minimum Gasteiger partial charge on any atom is -0.496 e. The number of carboxylic acid groups (broad SMARTS) is 1. The number of para-hydroxylation sites is 1. The summed E-state index contributed by atoms with van der Waals surface area (Å²) in [6.07, 6.45) is 0. The summed E-state index contributed by atoms with van der Waals surface area (Å²) >= 11 is 0. The van der Waals surface area contributed by atoms with Crippen molar-refractivity contribution in [3.63, 3.8) is 0 Å². The van der Waals surface area contributed by atoms with Gasteiger partial charge in [0.1, 0.15) is 22.7 Å². The van der Waals surface area contributed by atoms with Crippen molar-refractivity contribution >= 4 is 17.7 Å². The third-order valence-electron chi connectivity index (χ3n) is 4.23. The van der Waals surface area contributed by atoms with Gasteiger partial charge in [-0.15, -0.1) is 4.68 Å². The highest BCUT2D eigenvalue weighted by molar-refractivity contribution is 5.95. The largest absolute Gasteiger partial charge is 0.496 e. The number of amides is 1. The molecule has 0 unspecified atom stereocenters. The summed E-state index contributed by atoms with van der Waals surface area (Å²) in [5, 5.41) is 16.3. The fraction of sp³-hybridized carbons (Fsp3) is 0.167. The van der Waals surface area contributed by atoms with Gasteiger partial charge in [0.25, 0.3) is 0 Å². The normalized spacial score (nSPS) is 10.5. The Morgan fingerprint density at radius 2 is 1.80 bits per heavy atom. The molecular formula is C18H16FN5O6. The first-order valence-electron chi connectivity index (χ1n) is 8.37. The Kier molecular flexibility index (Phi) is 5.49. The number of methoxy groups -OCH3 is 2. The van der Waals surface area contributed by atoms with Crippen molar-refractivity contribution < 1.29 is 28.6 Å². The second-order valence-corrected chi connectivity index (χ2v) is 5.91. The van der Waals surface area contributed by atoms with Crippen LogP contribution in [0.4, 0.5) is 14.9 Å². The van der Waals surface area contributed by atoms with E-state index in [0.29, 0.717) is 9.36 Å². The van der Waals surface area contributed by atoms with Crippen LogP contribution >= 0.6 is 0 Å². The quantitative estimate of drug-likeness (QED) is 0.617. The van der Waals surface area contributed by atoms with E-state index in [1.54, 1.807) is 0 Å². The van der Waals surface area contributed by atoms with Crippen LogP contribution in [0.1, 0.15) is 10.4 Å². The molecule has 11 nitrogen and oxygen atoms in total. The van der Waals surface area contributed by atoms with Crippen molar-refractivity contribution in [1.82, 2.24) is 19.8 Å². The summed E-state index contributed by atoms with van der Waals surface area (Å²) in [5.41, 5.74) is -1.19. The molecule has 2 aromatic carbocycles.